The summed E-state index contributed by atoms with van der Waals surface area (Å²) in [5, 5.41) is 13.8. The van der Waals surface area contributed by atoms with Crippen molar-refractivity contribution < 1.29 is 14.6 Å². The van der Waals surface area contributed by atoms with E-state index in [1.54, 1.807) is 7.11 Å². The van der Waals surface area contributed by atoms with Crippen molar-refractivity contribution in [3.8, 4) is 11.5 Å². The number of piperazine rings is 1. The van der Waals surface area contributed by atoms with E-state index in [0.717, 1.165) is 44.8 Å². The fourth-order valence-electron chi connectivity index (χ4n) is 3.05. The predicted molar refractivity (Wildman–Crippen MR) is 105 cm³/mol. The Kier molecular flexibility index (Phi) is 9.18. The third-order valence-electron chi connectivity index (χ3n) is 4.76. The van der Waals surface area contributed by atoms with Crippen LogP contribution in [-0.2, 0) is 6.54 Å². The Morgan fingerprint density at radius 3 is 2.65 bits per heavy atom. The van der Waals surface area contributed by atoms with Crippen molar-refractivity contribution >= 4 is 0 Å². The number of hydrogen-bond acceptors (Lipinski definition) is 6. The van der Waals surface area contributed by atoms with Crippen molar-refractivity contribution in [3.05, 3.63) is 23.8 Å². The molecule has 0 saturated carbocycles. The minimum atomic E-state index is -0.505. The molecule has 1 fully saturated rings. The molecule has 0 aromatic heterocycles. The topological polar surface area (TPSA) is 57.2 Å². The zero-order valence-corrected chi connectivity index (χ0v) is 16.5. The Bertz CT molecular complexity index is 519. The summed E-state index contributed by atoms with van der Waals surface area (Å²) in [5.74, 6) is 1.40. The van der Waals surface area contributed by atoms with Crippen LogP contribution in [0, 0.1) is 0 Å². The first kappa shape index (κ1) is 21.0. The second-order valence-electron chi connectivity index (χ2n) is 7.08. The molecule has 1 aromatic rings. The summed E-state index contributed by atoms with van der Waals surface area (Å²) in [6.07, 6.45) is 1.86. The van der Waals surface area contributed by atoms with Crippen LogP contribution >= 0.6 is 0 Å². The van der Waals surface area contributed by atoms with Crippen molar-refractivity contribution in [2.75, 3.05) is 60.0 Å². The smallest absolute Gasteiger partial charge is 0.161 e. The number of hydrogen-bond donors (Lipinski definition) is 2. The summed E-state index contributed by atoms with van der Waals surface area (Å²) in [4.78, 5) is 4.60. The molecule has 1 aliphatic rings. The molecule has 2 N–H and O–H groups in total. The van der Waals surface area contributed by atoms with Crippen LogP contribution in [0.25, 0.3) is 0 Å². The maximum absolute atomic E-state index is 10.3. The average molecular weight is 366 g/mol. The van der Waals surface area contributed by atoms with E-state index in [1.165, 1.54) is 12.8 Å². The molecule has 6 heteroatoms. The number of methoxy groups -OCH3 is 1. The molecule has 0 radical (unpaired) electrons. The van der Waals surface area contributed by atoms with Crippen LogP contribution in [0.2, 0.25) is 0 Å². The first-order valence-electron chi connectivity index (χ1n) is 9.71. The molecule has 26 heavy (non-hydrogen) atoms. The summed E-state index contributed by atoms with van der Waals surface area (Å²) in [6, 6.07) is 5.98. The van der Waals surface area contributed by atoms with Gasteiger partial charge in [0, 0.05) is 39.3 Å². The van der Waals surface area contributed by atoms with E-state index in [-0.39, 0.29) is 6.61 Å². The summed E-state index contributed by atoms with van der Waals surface area (Å²) in [5.41, 5.74) is 1.16. The van der Waals surface area contributed by atoms with Crippen LogP contribution in [0.1, 0.15) is 25.3 Å². The number of nitrogens with zero attached hydrogens (tertiary/aromatic N) is 2. The average Bonchev–Trinajstić information content (AvgIpc) is 2.65. The Balaban J connectivity index is 1.82. The maximum atomic E-state index is 10.3. The number of aliphatic hydroxyl groups excluding tert-OH is 1. The molecule has 6 nitrogen and oxygen atoms in total. The van der Waals surface area contributed by atoms with Crippen molar-refractivity contribution in [2.45, 2.75) is 32.4 Å². The molecule has 2 rings (SSSR count). The largest absolute Gasteiger partial charge is 0.493 e. The lowest BCUT2D eigenvalue weighted by molar-refractivity contribution is 0.0498. The van der Waals surface area contributed by atoms with E-state index >= 15 is 0 Å². The molecule has 1 unspecified atom stereocenters. The van der Waals surface area contributed by atoms with E-state index in [1.807, 2.05) is 18.2 Å². The van der Waals surface area contributed by atoms with Crippen LogP contribution in [0.4, 0.5) is 0 Å². The first-order chi connectivity index (χ1) is 12.6. The molecule has 1 heterocycles. The van der Waals surface area contributed by atoms with E-state index in [0.29, 0.717) is 18.0 Å². The van der Waals surface area contributed by atoms with Gasteiger partial charge in [0.25, 0.3) is 0 Å². The molecule has 0 spiro atoms. The van der Waals surface area contributed by atoms with Crippen molar-refractivity contribution in [2.24, 2.45) is 0 Å². The zero-order chi connectivity index (χ0) is 18.8. The van der Waals surface area contributed by atoms with Gasteiger partial charge < -0.3 is 24.8 Å². The third kappa shape index (κ3) is 7.11. The molecule has 0 aliphatic carbocycles. The van der Waals surface area contributed by atoms with Crippen molar-refractivity contribution in [1.29, 1.82) is 0 Å². The number of β-amino-alcohol motifs (C(OH)–C–C–N with tert-alkyl or cyclic N) is 1. The monoisotopic (exact) mass is 365 g/mol. The van der Waals surface area contributed by atoms with E-state index in [4.69, 9.17) is 9.47 Å². The molecule has 1 atom stereocenters. The Labute approximate surface area is 158 Å². The van der Waals surface area contributed by atoms with Crippen LogP contribution in [0.5, 0.6) is 11.5 Å². The number of unbranched alkanes of at least 4 members (excludes halogenated alkanes) is 1. The lowest BCUT2D eigenvalue weighted by atomic mass is 10.2. The molecule has 0 bridgehead atoms. The van der Waals surface area contributed by atoms with Gasteiger partial charge in [0.2, 0.25) is 0 Å². The quantitative estimate of drug-likeness (QED) is 0.581. The van der Waals surface area contributed by atoms with Gasteiger partial charge in [-0.2, -0.15) is 0 Å². The van der Waals surface area contributed by atoms with E-state index in [9.17, 15) is 5.11 Å². The molecule has 1 saturated heterocycles. The highest BCUT2D eigenvalue weighted by atomic mass is 16.5. The van der Waals surface area contributed by atoms with Gasteiger partial charge >= 0.3 is 0 Å². The van der Waals surface area contributed by atoms with Gasteiger partial charge in [0.05, 0.1) is 7.11 Å². The minimum absolute atomic E-state index is 0.273. The lowest BCUT2D eigenvalue weighted by Gasteiger charge is -2.33. The van der Waals surface area contributed by atoms with Gasteiger partial charge in [-0.3, -0.25) is 4.90 Å². The number of ether oxygens (including phenoxy) is 2. The highest BCUT2D eigenvalue weighted by molar-refractivity contribution is 5.43. The second kappa shape index (κ2) is 11.4. The fraction of sp³-hybridized carbons (Fsp3) is 0.700. The number of rotatable bonds is 11. The zero-order valence-electron chi connectivity index (χ0n) is 16.5. The summed E-state index contributed by atoms with van der Waals surface area (Å²) in [7, 11) is 3.77. The predicted octanol–water partition coefficient (Wildman–Crippen LogP) is 1.57. The number of benzene rings is 1. The van der Waals surface area contributed by atoms with Crippen molar-refractivity contribution in [1.82, 2.24) is 15.1 Å². The normalized spacial score (nSPS) is 17.2. The van der Waals surface area contributed by atoms with Crippen LogP contribution in [0.3, 0.4) is 0 Å². The SMILES string of the molecule is CCCCNCc1ccc(OC)c(OCC(O)CN2CCN(C)CC2)c1. The molecule has 148 valence electrons. The van der Waals surface area contributed by atoms with Crippen LogP contribution in [-0.4, -0.2) is 81.0 Å². The summed E-state index contributed by atoms with van der Waals surface area (Å²) < 4.78 is 11.3. The van der Waals surface area contributed by atoms with Gasteiger partial charge in [-0.15, -0.1) is 0 Å². The first-order valence-corrected chi connectivity index (χ1v) is 9.71. The molecule has 1 aromatic carbocycles. The van der Waals surface area contributed by atoms with Gasteiger partial charge in [-0.1, -0.05) is 19.4 Å². The van der Waals surface area contributed by atoms with E-state index in [2.05, 4.69) is 29.1 Å². The third-order valence-corrected chi connectivity index (χ3v) is 4.76. The number of aliphatic hydroxyl groups is 1. The molecule has 1 aliphatic heterocycles. The minimum Gasteiger partial charge on any atom is -0.493 e. The number of nitrogens with one attached hydrogen (secondary N) is 1. The Morgan fingerprint density at radius 2 is 1.96 bits per heavy atom. The fourth-order valence-corrected chi connectivity index (χ4v) is 3.05. The maximum Gasteiger partial charge on any atom is 0.161 e. The van der Waals surface area contributed by atoms with Gasteiger partial charge in [-0.25, -0.2) is 0 Å². The summed E-state index contributed by atoms with van der Waals surface area (Å²) >= 11 is 0. The van der Waals surface area contributed by atoms with Gasteiger partial charge in [0.1, 0.15) is 12.7 Å². The standard InChI is InChI=1S/C20H35N3O3/c1-4-5-8-21-14-17-6-7-19(25-3)20(13-17)26-16-18(24)15-23-11-9-22(2)10-12-23/h6-7,13,18,21,24H,4-5,8-12,14-16H2,1-3H3. The highest BCUT2D eigenvalue weighted by Crippen LogP contribution is 2.28. The Morgan fingerprint density at radius 1 is 1.19 bits per heavy atom. The molecular formula is C20H35N3O3. The lowest BCUT2D eigenvalue weighted by Crippen LogP contribution is -2.47. The highest BCUT2D eigenvalue weighted by Gasteiger charge is 2.18. The van der Waals surface area contributed by atoms with Crippen LogP contribution in [0.15, 0.2) is 18.2 Å². The van der Waals surface area contributed by atoms with Crippen molar-refractivity contribution in [3.63, 3.8) is 0 Å². The summed E-state index contributed by atoms with van der Waals surface area (Å²) in [6.45, 7) is 9.03. The molecular weight excluding hydrogens is 330 g/mol. The van der Waals surface area contributed by atoms with Crippen LogP contribution < -0.4 is 14.8 Å². The van der Waals surface area contributed by atoms with Gasteiger partial charge in [-0.05, 0) is 37.7 Å². The Hall–Kier alpha value is -1.34. The second-order valence-corrected chi connectivity index (χ2v) is 7.08. The van der Waals surface area contributed by atoms with Gasteiger partial charge in [0.15, 0.2) is 11.5 Å². The van der Waals surface area contributed by atoms with E-state index < -0.39 is 6.10 Å². The number of likely N-dealkylation sites (N-methyl/N-ethyl adjacent to an activating group) is 1. The molecule has 0 amide bonds.